The molecule has 3 rings (SSSR count). The number of piperazine rings is 1. The number of hydrogen-bond donors (Lipinski definition) is 1. The summed E-state index contributed by atoms with van der Waals surface area (Å²) in [5, 5.41) is 0. The van der Waals surface area contributed by atoms with Gasteiger partial charge in [-0.2, -0.15) is 0 Å². The van der Waals surface area contributed by atoms with E-state index in [0.717, 1.165) is 51.0 Å². The Morgan fingerprint density at radius 2 is 1.52 bits per heavy atom. The van der Waals surface area contributed by atoms with Crippen molar-refractivity contribution in [1.82, 2.24) is 9.80 Å². The summed E-state index contributed by atoms with van der Waals surface area (Å²) in [4.78, 5) is 16.8. The highest BCUT2D eigenvalue weighted by Crippen LogP contribution is 2.34. The molecule has 1 heterocycles. The van der Waals surface area contributed by atoms with Gasteiger partial charge < -0.3 is 10.6 Å². The number of carbonyl (C=O) groups excluding carboxylic acids is 1. The minimum atomic E-state index is -0.484. The van der Waals surface area contributed by atoms with E-state index in [1.54, 1.807) is 0 Å². The van der Waals surface area contributed by atoms with E-state index in [2.05, 4.69) is 11.8 Å². The van der Waals surface area contributed by atoms with Crippen molar-refractivity contribution < 1.29 is 4.79 Å². The van der Waals surface area contributed by atoms with Crippen LogP contribution in [0.1, 0.15) is 45.4 Å². The van der Waals surface area contributed by atoms with Crippen LogP contribution >= 0.6 is 24.8 Å². The summed E-state index contributed by atoms with van der Waals surface area (Å²) in [6.45, 7) is 6.21. The van der Waals surface area contributed by atoms with Crippen LogP contribution < -0.4 is 5.73 Å². The molecule has 0 aromatic heterocycles. The maximum atomic E-state index is 12.2. The number of halogens is 2. The molecule has 0 bridgehead atoms. The minimum absolute atomic E-state index is 0. The van der Waals surface area contributed by atoms with E-state index in [0.29, 0.717) is 0 Å². The molecular weight excluding hydrogens is 309 g/mol. The zero-order valence-electron chi connectivity index (χ0n) is 12.9. The standard InChI is InChI=1S/C15H27N3O.2ClH/c1-12-2-4-13(5-3-12)17-8-10-18(11-9-17)14(19)15(16)6-7-15;;/h12-13H,2-11,16H2,1H3;2*1H. The SMILES string of the molecule is CC1CCC(N2CCN(C(=O)C3(N)CC3)CC2)CC1.Cl.Cl. The zero-order valence-corrected chi connectivity index (χ0v) is 14.6. The second-order valence-corrected chi connectivity index (χ2v) is 6.90. The Bertz CT molecular complexity index is 347. The smallest absolute Gasteiger partial charge is 0.242 e. The lowest BCUT2D eigenvalue weighted by molar-refractivity contribution is -0.135. The quantitative estimate of drug-likeness (QED) is 0.838. The molecule has 2 saturated carbocycles. The molecular formula is C15H29Cl2N3O. The van der Waals surface area contributed by atoms with Crippen LogP contribution in [0.5, 0.6) is 0 Å². The van der Waals surface area contributed by atoms with Crippen LogP contribution in [0.25, 0.3) is 0 Å². The number of hydrogen-bond acceptors (Lipinski definition) is 3. The Kier molecular flexibility index (Phi) is 6.79. The molecule has 0 spiro atoms. The van der Waals surface area contributed by atoms with E-state index in [4.69, 9.17) is 5.73 Å². The molecule has 0 aromatic rings. The molecule has 1 aliphatic heterocycles. The van der Waals surface area contributed by atoms with Crippen LogP contribution in [0, 0.1) is 5.92 Å². The largest absolute Gasteiger partial charge is 0.339 e. The van der Waals surface area contributed by atoms with Gasteiger partial charge in [-0.05, 0) is 44.4 Å². The van der Waals surface area contributed by atoms with Crippen molar-refractivity contribution in [3.05, 3.63) is 0 Å². The number of nitrogens with zero attached hydrogens (tertiary/aromatic N) is 2. The molecule has 0 aromatic carbocycles. The van der Waals surface area contributed by atoms with E-state index in [1.165, 1.54) is 25.7 Å². The first kappa shape index (κ1) is 19.0. The van der Waals surface area contributed by atoms with Crippen molar-refractivity contribution in [2.75, 3.05) is 26.2 Å². The number of amides is 1. The number of rotatable bonds is 2. The highest BCUT2D eigenvalue weighted by atomic mass is 35.5. The van der Waals surface area contributed by atoms with E-state index >= 15 is 0 Å². The Morgan fingerprint density at radius 1 is 1.00 bits per heavy atom. The van der Waals surface area contributed by atoms with E-state index in [-0.39, 0.29) is 30.7 Å². The Labute approximate surface area is 140 Å². The monoisotopic (exact) mass is 337 g/mol. The molecule has 21 heavy (non-hydrogen) atoms. The predicted octanol–water partition coefficient (Wildman–Crippen LogP) is 2.04. The van der Waals surface area contributed by atoms with Crippen LogP contribution in [0.4, 0.5) is 0 Å². The van der Waals surface area contributed by atoms with E-state index in [9.17, 15) is 4.79 Å². The lowest BCUT2D eigenvalue weighted by atomic mass is 9.86. The molecule has 3 aliphatic rings. The molecule has 0 atom stereocenters. The van der Waals surface area contributed by atoms with Gasteiger partial charge in [0.15, 0.2) is 0 Å². The fourth-order valence-corrected chi connectivity index (χ4v) is 3.56. The molecule has 124 valence electrons. The topological polar surface area (TPSA) is 49.6 Å². The molecule has 6 heteroatoms. The van der Waals surface area contributed by atoms with Crippen LogP contribution in [0.3, 0.4) is 0 Å². The van der Waals surface area contributed by atoms with Gasteiger partial charge in [-0.15, -0.1) is 24.8 Å². The fourth-order valence-electron chi connectivity index (χ4n) is 3.56. The number of carbonyl (C=O) groups is 1. The van der Waals surface area contributed by atoms with E-state index in [1.807, 2.05) is 4.90 Å². The summed E-state index contributed by atoms with van der Waals surface area (Å²) in [6.07, 6.45) is 7.19. The lowest BCUT2D eigenvalue weighted by Crippen LogP contribution is -2.56. The third-order valence-electron chi connectivity index (χ3n) is 5.32. The van der Waals surface area contributed by atoms with Crippen molar-refractivity contribution >= 4 is 30.7 Å². The van der Waals surface area contributed by atoms with Gasteiger partial charge >= 0.3 is 0 Å². The highest BCUT2D eigenvalue weighted by molar-refractivity contribution is 5.89. The summed E-state index contributed by atoms with van der Waals surface area (Å²) >= 11 is 0. The van der Waals surface area contributed by atoms with Crippen molar-refractivity contribution in [2.24, 2.45) is 11.7 Å². The summed E-state index contributed by atoms with van der Waals surface area (Å²) in [5.41, 5.74) is 5.53. The molecule has 0 unspecified atom stereocenters. The molecule has 2 N–H and O–H groups in total. The Balaban J connectivity index is 0.00000110. The molecule has 4 nitrogen and oxygen atoms in total. The van der Waals surface area contributed by atoms with Gasteiger partial charge in [0.2, 0.25) is 5.91 Å². The van der Waals surface area contributed by atoms with Crippen LogP contribution in [0.15, 0.2) is 0 Å². The third-order valence-corrected chi connectivity index (χ3v) is 5.32. The highest BCUT2D eigenvalue weighted by Gasteiger charge is 2.48. The molecule has 2 aliphatic carbocycles. The Morgan fingerprint density at radius 3 is 2.00 bits per heavy atom. The van der Waals surface area contributed by atoms with Gasteiger partial charge in [-0.1, -0.05) is 6.92 Å². The second kappa shape index (κ2) is 7.49. The van der Waals surface area contributed by atoms with Gasteiger partial charge in [-0.3, -0.25) is 9.69 Å². The zero-order chi connectivity index (χ0) is 13.5. The average Bonchev–Trinajstić information content (AvgIpc) is 3.18. The lowest BCUT2D eigenvalue weighted by Gasteiger charge is -2.42. The summed E-state index contributed by atoms with van der Waals surface area (Å²) < 4.78 is 0. The van der Waals surface area contributed by atoms with Gasteiger partial charge in [0.05, 0.1) is 5.54 Å². The van der Waals surface area contributed by atoms with Crippen molar-refractivity contribution in [3.8, 4) is 0 Å². The van der Waals surface area contributed by atoms with E-state index < -0.39 is 5.54 Å². The summed E-state index contributed by atoms with van der Waals surface area (Å²) in [6, 6.07) is 0.765. The van der Waals surface area contributed by atoms with Crippen molar-refractivity contribution in [2.45, 2.75) is 57.0 Å². The van der Waals surface area contributed by atoms with Gasteiger partial charge in [0, 0.05) is 32.2 Å². The number of nitrogens with two attached hydrogens (primary N) is 1. The average molecular weight is 338 g/mol. The summed E-state index contributed by atoms with van der Waals surface area (Å²) in [7, 11) is 0. The van der Waals surface area contributed by atoms with Gasteiger partial charge in [0.25, 0.3) is 0 Å². The predicted molar refractivity (Wildman–Crippen MR) is 90.2 cm³/mol. The minimum Gasteiger partial charge on any atom is -0.339 e. The summed E-state index contributed by atoms with van der Waals surface area (Å²) in [5.74, 6) is 1.11. The fraction of sp³-hybridized carbons (Fsp3) is 0.933. The second-order valence-electron chi connectivity index (χ2n) is 6.90. The van der Waals surface area contributed by atoms with Gasteiger partial charge in [0.1, 0.15) is 0 Å². The maximum absolute atomic E-state index is 12.2. The normalized spacial score (nSPS) is 31.8. The van der Waals surface area contributed by atoms with Crippen LogP contribution in [-0.4, -0.2) is 53.5 Å². The maximum Gasteiger partial charge on any atom is 0.242 e. The molecule has 3 fully saturated rings. The first-order valence-corrected chi connectivity index (χ1v) is 7.91. The third kappa shape index (κ3) is 4.25. The van der Waals surface area contributed by atoms with Crippen LogP contribution in [0.2, 0.25) is 0 Å². The van der Waals surface area contributed by atoms with Crippen LogP contribution in [-0.2, 0) is 4.79 Å². The van der Waals surface area contributed by atoms with Crippen molar-refractivity contribution in [3.63, 3.8) is 0 Å². The molecule has 1 amide bonds. The van der Waals surface area contributed by atoms with Gasteiger partial charge in [-0.25, -0.2) is 0 Å². The van der Waals surface area contributed by atoms with Crippen molar-refractivity contribution in [1.29, 1.82) is 0 Å². The Hall–Kier alpha value is -0.0300. The first-order chi connectivity index (χ1) is 9.08. The molecule has 1 saturated heterocycles. The molecule has 0 radical (unpaired) electrons. The first-order valence-electron chi connectivity index (χ1n) is 7.91.